The van der Waals surface area contributed by atoms with E-state index in [-0.39, 0.29) is 0 Å². The van der Waals surface area contributed by atoms with Gasteiger partial charge in [0.25, 0.3) is 0 Å². The van der Waals surface area contributed by atoms with E-state index in [4.69, 9.17) is 5.73 Å². The molecule has 1 fully saturated rings. The van der Waals surface area contributed by atoms with E-state index >= 15 is 0 Å². The first-order valence-corrected chi connectivity index (χ1v) is 7.97. The zero-order valence-corrected chi connectivity index (χ0v) is 11.5. The smallest absolute Gasteiger partial charge is 0.0953 e. The molecule has 0 unspecified atom stereocenters. The highest BCUT2D eigenvalue weighted by molar-refractivity contribution is 7.85. The fourth-order valence-corrected chi connectivity index (χ4v) is 3.77. The molecule has 3 N–H and O–H groups in total. The number of nitrogen functional groups attached to an aromatic ring is 1. The van der Waals surface area contributed by atoms with Crippen molar-refractivity contribution >= 4 is 33.1 Å². The van der Waals surface area contributed by atoms with Crippen LogP contribution in [0.3, 0.4) is 0 Å². The van der Waals surface area contributed by atoms with Gasteiger partial charge in [-0.2, -0.15) is 0 Å². The van der Waals surface area contributed by atoms with Crippen molar-refractivity contribution in [2.45, 2.75) is 18.9 Å². The van der Waals surface area contributed by atoms with Crippen LogP contribution in [0.1, 0.15) is 12.8 Å². The first-order chi connectivity index (χ1) is 9.24. The maximum Gasteiger partial charge on any atom is 0.0953 e. The van der Waals surface area contributed by atoms with Gasteiger partial charge in [-0.3, -0.25) is 9.19 Å². The van der Waals surface area contributed by atoms with Crippen LogP contribution >= 0.6 is 0 Å². The fourth-order valence-electron chi connectivity index (χ4n) is 2.47. The summed E-state index contributed by atoms with van der Waals surface area (Å²) in [7, 11) is -0.625. The van der Waals surface area contributed by atoms with Gasteiger partial charge in [0.2, 0.25) is 0 Å². The summed E-state index contributed by atoms with van der Waals surface area (Å²) in [6, 6.07) is 8.15. The molecule has 1 aromatic carbocycles. The molecule has 0 bridgehead atoms. The lowest BCUT2D eigenvalue weighted by atomic mass is 10.1. The second-order valence-electron chi connectivity index (χ2n) is 4.87. The number of anilines is 2. The molecule has 3 rings (SSSR count). The predicted octanol–water partition coefficient (Wildman–Crippen LogP) is 2.14. The minimum Gasteiger partial charge on any atom is -0.398 e. The maximum absolute atomic E-state index is 11.4. The molecule has 0 radical (unpaired) electrons. The Morgan fingerprint density at radius 1 is 1.26 bits per heavy atom. The number of nitrogens with two attached hydrogens (primary N) is 1. The van der Waals surface area contributed by atoms with Crippen LogP contribution in [0.4, 0.5) is 11.4 Å². The van der Waals surface area contributed by atoms with Crippen LogP contribution in [0.25, 0.3) is 10.9 Å². The first-order valence-electron chi connectivity index (χ1n) is 6.49. The van der Waals surface area contributed by atoms with Gasteiger partial charge in [0.15, 0.2) is 0 Å². The van der Waals surface area contributed by atoms with E-state index in [1.165, 1.54) is 0 Å². The number of rotatable bonds is 2. The van der Waals surface area contributed by atoms with E-state index in [2.05, 4.69) is 10.3 Å². The number of nitrogens with one attached hydrogen (secondary N) is 1. The summed E-state index contributed by atoms with van der Waals surface area (Å²) in [6.07, 6.45) is 3.68. The van der Waals surface area contributed by atoms with Gasteiger partial charge in [-0.15, -0.1) is 0 Å². The fraction of sp³-hybridized carbons (Fsp3) is 0.357. The molecule has 4 nitrogen and oxygen atoms in total. The van der Waals surface area contributed by atoms with Crippen LogP contribution in [0.15, 0.2) is 30.5 Å². The SMILES string of the molecule is Nc1ccc(NC2CCS(=O)CC2)c2ncccc12. The van der Waals surface area contributed by atoms with Gasteiger partial charge in [-0.1, -0.05) is 0 Å². The average molecular weight is 275 g/mol. The summed E-state index contributed by atoms with van der Waals surface area (Å²) in [5, 5.41) is 4.50. The van der Waals surface area contributed by atoms with E-state index in [0.29, 0.717) is 6.04 Å². The van der Waals surface area contributed by atoms with Crippen LogP contribution in [0, 0.1) is 0 Å². The van der Waals surface area contributed by atoms with E-state index in [1.807, 2.05) is 24.3 Å². The summed E-state index contributed by atoms with van der Waals surface area (Å²) in [5.41, 5.74) is 8.64. The summed E-state index contributed by atoms with van der Waals surface area (Å²) in [4.78, 5) is 4.42. The van der Waals surface area contributed by atoms with Crippen molar-refractivity contribution in [2.24, 2.45) is 0 Å². The summed E-state index contributed by atoms with van der Waals surface area (Å²) in [5.74, 6) is 1.58. The molecule has 0 spiro atoms. The Bertz CT molecular complexity index is 619. The van der Waals surface area contributed by atoms with E-state index < -0.39 is 10.8 Å². The summed E-state index contributed by atoms with van der Waals surface area (Å²) < 4.78 is 11.4. The Balaban J connectivity index is 1.89. The lowest BCUT2D eigenvalue weighted by molar-refractivity contribution is 0.624. The van der Waals surface area contributed by atoms with Crippen molar-refractivity contribution in [1.82, 2.24) is 4.98 Å². The Kier molecular flexibility index (Phi) is 3.38. The second kappa shape index (κ2) is 5.17. The molecule has 1 aromatic heterocycles. The highest BCUT2D eigenvalue weighted by Gasteiger charge is 2.18. The summed E-state index contributed by atoms with van der Waals surface area (Å²) in [6.45, 7) is 0. The largest absolute Gasteiger partial charge is 0.398 e. The lowest BCUT2D eigenvalue weighted by Gasteiger charge is -2.24. The molecule has 1 aliphatic heterocycles. The van der Waals surface area contributed by atoms with Crippen molar-refractivity contribution in [1.29, 1.82) is 0 Å². The highest BCUT2D eigenvalue weighted by atomic mass is 32.2. The average Bonchev–Trinajstić information content (AvgIpc) is 2.45. The van der Waals surface area contributed by atoms with Crippen molar-refractivity contribution in [2.75, 3.05) is 22.6 Å². The highest BCUT2D eigenvalue weighted by Crippen LogP contribution is 2.27. The Morgan fingerprint density at radius 2 is 2.05 bits per heavy atom. The molecule has 100 valence electrons. The van der Waals surface area contributed by atoms with Gasteiger partial charge in [0, 0.05) is 45.6 Å². The molecule has 0 atom stereocenters. The number of fused-ring (bicyclic) bond motifs is 1. The third-order valence-electron chi connectivity index (χ3n) is 3.55. The van der Waals surface area contributed by atoms with E-state index in [0.717, 1.165) is 46.6 Å². The van der Waals surface area contributed by atoms with Gasteiger partial charge in [0.1, 0.15) is 0 Å². The van der Waals surface area contributed by atoms with Crippen molar-refractivity contribution in [3.8, 4) is 0 Å². The Morgan fingerprint density at radius 3 is 2.84 bits per heavy atom. The maximum atomic E-state index is 11.4. The monoisotopic (exact) mass is 275 g/mol. The van der Waals surface area contributed by atoms with E-state index in [1.54, 1.807) is 6.20 Å². The minimum atomic E-state index is -0.625. The number of hydrogen-bond donors (Lipinski definition) is 2. The number of benzene rings is 1. The van der Waals surface area contributed by atoms with Crippen LogP contribution in [-0.4, -0.2) is 26.7 Å². The Hall–Kier alpha value is -1.62. The molecule has 0 amide bonds. The quantitative estimate of drug-likeness (QED) is 0.824. The summed E-state index contributed by atoms with van der Waals surface area (Å²) >= 11 is 0. The van der Waals surface area contributed by atoms with Gasteiger partial charge >= 0.3 is 0 Å². The number of pyridine rings is 1. The molecule has 2 heterocycles. The molecular weight excluding hydrogens is 258 g/mol. The number of aromatic nitrogens is 1. The van der Waals surface area contributed by atoms with Gasteiger partial charge in [-0.05, 0) is 37.1 Å². The third-order valence-corrected chi connectivity index (χ3v) is 4.93. The topological polar surface area (TPSA) is 68.0 Å². The van der Waals surface area contributed by atoms with Crippen LogP contribution in [0.5, 0.6) is 0 Å². The number of hydrogen-bond acceptors (Lipinski definition) is 4. The van der Waals surface area contributed by atoms with Crippen LogP contribution in [-0.2, 0) is 10.8 Å². The Labute approximate surface area is 114 Å². The van der Waals surface area contributed by atoms with Crippen LogP contribution < -0.4 is 11.1 Å². The lowest BCUT2D eigenvalue weighted by Crippen LogP contribution is -2.29. The van der Waals surface area contributed by atoms with Crippen molar-refractivity contribution < 1.29 is 4.21 Å². The third kappa shape index (κ3) is 2.56. The minimum absolute atomic E-state index is 0.381. The van der Waals surface area contributed by atoms with Gasteiger partial charge in [0.05, 0.1) is 11.2 Å². The molecule has 0 aliphatic carbocycles. The first kappa shape index (κ1) is 12.4. The number of nitrogens with zero attached hydrogens (tertiary/aromatic N) is 1. The molecule has 5 heteroatoms. The predicted molar refractivity (Wildman–Crippen MR) is 80.7 cm³/mol. The molecule has 1 aliphatic rings. The van der Waals surface area contributed by atoms with Gasteiger partial charge < -0.3 is 11.1 Å². The zero-order chi connectivity index (χ0) is 13.2. The molecule has 19 heavy (non-hydrogen) atoms. The standard InChI is InChI=1S/C14H17N3OS/c15-12-3-4-13(14-11(12)2-1-7-16-14)17-10-5-8-19(18)9-6-10/h1-4,7,10,17H,5-6,8-9,15H2. The molecule has 2 aromatic rings. The zero-order valence-electron chi connectivity index (χ0n) is 10.6. The van der Waals surface area contributed by atoms with Crippen molar-refractivity contribution in [3.05, 3.63) is 30.5 Å². The van der Waals surface area contributed by atoms with Gasteiger partial charge in [-0.25, -0.2) is 0 Å². The normalized spacial score (nSPS) is 23.4. The second-order valence-corrected chi connectivity index (χ2v) is 6.56. The molecule has 1 saturated heterocycles. The van der Waals surface area contributed by atoms with E-state index in [9.17, 15) is 4.21 Å². The van der Waals surface area contributed by atoms with Crippen LogP contribution in [0.2, 0.25) is 0 Å². The molecule has 0 saturated carbocycles. The molecular formula is C14H17N3OS. The van der Waals surface area contributed by atoms with Crippen molar-refractivity contribution in [3.63, 3.8) is 0 Å².